The molecule has 1 aliphatic rings. The SMILES string of the molecule is Nc1cc2[nH]c(C(=O)NCCCCCN3CCN(C(=O)c4cc(Cc5n[nH]c(=O)c6ccccc56)ccc4F)CC3)cc2cn1. The van der Waals surface area contributed by atoms with Crippen molar-refractivity contribution in [2.75, 3.05) is 45.0 Å². The quantitative estimate of drug-likeness (QED) is 0.177. The molecule has 4 heterocycles. The third kappa shape index (κ3) is 6.86. The zero-order valence-electron chi connectivity index (χ0n) is 24.8. The van der Waals surface area contributed by atoms with E-state index in [2.05, 4.69) is 30.4 Å². The Labute approximate surface area is 258 Å². The van der Waals surface area contributed by atoms with Crippen molar-refractivity contribution in [2.24, 2.45) is 0 Å². The van der Waals surface area contributed by atoms with Gasteiger partial charge in [-0.2, -0.15) is 5.10 Å². The summed E-state index contributed by atoms with van der Waals surface area (Å²) >= 11 is 0. The van der Waals surface area contributed by atoms with Gasteiger partial charge in [-0.15, -0.1) is 0 Å². The Balaban J connectivity index is 0.942. The fourth-order valence-corrected chi connectivity index (χ4v) is 5.79. The molecule has 1 aliphatic heterocycles. The zero-order chi connectivity index (χ0) is 31.3. The Morgan fingerprint density at radius 3 is 2.60 bits per heavy atom. The van der Waals surface area contributed by atoms with Gasteiger partial charge in [0.1, 0.15) is 17.3 Å². The molecule has 0 spiro atoms. The summed E-state index contributed by atoms with van der Waals surface area (Å²) in [6.07, 6.45) is 4.79. The van der Waals surface area contributed by atoms with Crippen molar-refractivity contribution in [1.29, 1.82) is 0 Å². The number of fused-ring (bicyclic) bond motifs is 2. The van der Waals surface area contributed by atoms with E-state index in [4.69, 9.17) is 5.73 Å². The van der Waals surface area contributed by atoms with Gasteiger partial charge in [-0.1, -0.05) is 30.7 Å². The third-order valence-electron chi connectivity index (χ3n) is 8.27. The van der Waals surface area contributed by atoms with Crippen LogP contribution in [0.4, 0.5) is 10.2 Å². The molecule has 0 atom stereocenters. The first-order valence-electron chi connectivity index (χ1n) is 15.1. The molecule has 0 radical (unpaired) electrons. The van der Waals surface area contributed by atoms with Crippen LogP contribution in [0.1, 0.15) is 51.4 Å². The highest BCUT2D eigenvalue weighted by Gasteiger charge is 2.24. The first-order valence-corrected chi connectivity index (χ1v) is 15.1. The molecule has 5 aromatic rings. The van der Waals surface area contributed by atoms with Crippen LogP contribution >= 0.6 is 0 Å². The van der Waals surface area contributed by atoms with Crippen molar-refractivity contribution in [2.45, 2.75) is 25.7 Å². The average Bonchev–Trinajstić information content (AvgIpc) is 3.48. The molecular formula is C33H35FN8O3. The number of nitrogen functional groups attached to an aromatic ring is 1. The van der Waals surface area contributed by atoms with E-state index in [0.29, 0.717) is 48.6 Å². The molecule has 0 saturated carbocycles. The molecule has 232 valence electrons. The second-order valence-corrected chi connectivity index (χ2v) is 11.4. The number of nitrogens with two attached hydrogens (primary N) is 1. The molecule has 6 rings (SSSR count). The molecule has 1 fully saturated rings. The molecule has 2 amide bonds. The Bertz CT molecular complexity index is 1910. The molecule has 0 bridgehead atoms. The number of aromatic nitrogens is 4. The second-order valence-electron chi connectivity index (χ2n) is 11.4. The highest BCUT2D eigenvalue weighted by molar-refractivity contribution is 5.98. The third-order valence-corrected chi connectivity index (χ3v) is 8.27. The van der Waals surface area contributed by atoms with Crippen LogP contribution < -0.4 is 16.6 Å². The van der Waals surface area contributed by atoms with Gasteiger partial charge in [0.25, 0.3) is 17.4 Å². The summed E-state index contributed by atoms with van der Waals surface area (Å²) in [6, 6.07) is 15.2. The number of nitrogens with zero attached hydrogens (tertiary/aromatic N) is 4. The van der Waals surface area contributed by atoms with Gasteiger partial charge in [0.15, 0.2) is 0 Å². The molecular weight excluding hydrogens is 575 g/mol. The number of benzene rings is 2. The maximum Gasteiger partial charge on any atom is 0.272 e. The van der Waals surface area contributed by atoms with Crippen LogP contribution in [0.25, 0.3) is 21.7 Å². The topological polar surface area (TPSA) is 153 Å². The summed E-state index contributed by atoms with van der Waals surface area (Å²) in [4.78, 5) is 49.0. The number of nitrogens with one attached hydrogen (secondary N) is 3. The van der Waals surface area contributed by atoms with E-state index < -0.39 is 5.82 Å². The first kappa shape index (κ1) is 29.9. The largest absolute Gasteiger partial charge is 0.384 e. The summed E-state index contributed by atoms with van der Waals surface area (Å²) in [7, 11) is 0. The average molecular weight is 611 g/mol. The number of carbonyl (C=O) groups is 2. The lowest BCUT2D eigenvalue weighted by Gasteiger charge is -2.35. The Kier molecular flexibility index (Phi) is 8.83. The minimum Gasteiger partial charge on any atom is -0.384 e. The molecule has 12 heteroatoms. The number of hydrogen-bond acceptors (Lipinski definition) is 7. The van der Waals surface area contributed by atoms with Crippen molar-refractivity contribution in [3.8, 4) is 0 Å². The molecule has 2 aromatic carbocycles. The van der Waals surface area contributed by atoms with Crippen LogP contribution in [0, 0.1) is 5.82 Å². The first-order chi connectivity index (χ1) is 21.9. The molecule has 0 unspecified atom stereocenters. The van der Waals surface area contributed by atoms with Crippen LogP contribution in [0.15, 0.2) is 65.6 Å². The molecule has 5 N–H and O–H groups in total. The van der Waals surface area contributed by atoms with Crippen LogP contribution in [0.2, 0.25) is 0 Å². The minimum atomic E-state index is -0.552. The van der Waals surface area contributed by atoms with Crippen LogP contribution in [-0.4, -0.2) is 81.0 Å². The number of anilines is 1. The van der Waals surface area contributed by atoms with E-state index in [9.17, 15) is 18.8 Å². The normalized spacial score (nSPS) is 13.8. The number of amides is 2. The Hall–Kier alpha value is -5.10. The number of carbonyl (C=O) groups excluding carboxylic acids is 2. The van der Waals surface area contributed by atoms with Crippen molar-refractivity contribution >= 4 is 39.3 Å². The minimum absolute atomic E-state index is 0.0463. The summed E-state index contributed by atoms with van der Waals surface area (Å²) in [5, 5.41) is 11.8. The number of halogens is 1. The molecule has 11 nitrogen and oxygen atoms in total. The maximum atomic E-state index is 14.8. The molecule has 45 heavy (non-hydrogen) atoms. The van der Waals surface area contributed by atoms with Crippen molar-refractivity contribution in [3.63, 3.8) is 0 Å². The lowest BCUT2D eigenvalue weighted by Crippen LogP contribution is -2.49. The smallest absolute Gasteiger partial charge is 0.272 e. The fraction of sp³-hybridized carbons (Fsp3) is 0.303. The maximum absolute atomic E-state index is 14.8. The summed E-state index contributed by atoms with van der Waals surface area (Å²) in [6.45, 7) is 3.97. The highest BCUT2D eigenvalue weighted by atomic mass is 19.1. The number of rotatable bonds is 10. The number of unbranched alkanes of at least 4 members (excludes halogenated alkanes) is 2. The van der Waals surface area contributed by atoms with Crippen LogP contribution in [0.5, 0.6) is 0 Å². The van der Waals surface area contributed by atoms with Gasteiger partial charge in [-0.25, -0.2) is 14.5 Å². The predicted octanol–water partition coefficient (Wildman–Crippen LogP) is 3.47. The zero-order valence-corrected chi connectivity index (χ0v) is 24.8. The number of aromatic amines is 2. The van der Waals surface area contributed by atoms with E-state index in [0.717, 1.165) is 60.7 Å². The van der Waals surface area contributed by atoms with Gasteiger partial charge < -0.3 is 20.9 Å². The summed E-state index contributed by atoms with van der Waals surface area (Å²) < 4.78 is 14.8. The van der Waals surface area contributed by atoms with Gasteiger partial charge in [0, 0.05) is 62.2 Å². The van der Waals surface area contributed by atoms with Crippen LogP contribution in [-0.2, 0) is 6.42 Å². The van der Waals surface area contributed by atoms with E-state index in [1.54, 1.807) is 47.5 Å². The predicted molar refractivity (Wildman–Crippen MR) is 171 cm³/mol. The molecule has 0 aliphatic carbocycles. The van der Waals surface area contributed by atoms with E-state index in [1.165, 1.54) is 6.07 Å². The highest BCUT2D eigenvalue weighted by Crippen LogP contribution is 2.20. The van der Waals surface area contributed by atoms with Gasteiger partial charge in [0.05, 0.1) is 22.2 Å². The number of hydrogen-bond donors (Lipinski definition) is 4. The van der Waals surface area contributed by atoms with E-state index >= 15 is 0 Å². The molecule has 3 aromatic heterocycles. The van der Waals surface area contributed by atoms with Crippen LogP contribution in [0.3, 0.4) is 0 Å². The summed E-state index contributed by atoms with van der Waals surface area (Å²) in [5.74, 6) is -0.632. The standard InChI is InChI=1S/C33H35FN8O3/c34-26-9-8-21(17-28-23-6-2-3-7-24(23)31(43)40-39-28)16-25(26)33(45)42-14-12-41(13-15-42)11-5-1-4-10-36-32(44)29-18-22-20-37-30(35)19-27(22)38-29/h2-3,6-9,16,18-20,38H,1,4-5,10-15,17H2,(H2,35,37)(H,36,44)(H,40,43). The fourth-order valence-electron chi connectivity index (χ4n) is 5.79. The lowest BCUT2D eigenvalue weighted by atomic mass is 10.0. The van der Waals surface area contributed by atoms with E-state index in [-0.39, 0.29) is 22.9 Å². The number of piperazine rings is 1. The van der Waals surface area contributed by atoms with Crippen molar-refractivity contribution < 1.29 is 14.0 Å². The Morgan fingerprint density at radius 1 is 0.978 bits per heavy atom. The number of pyridine rings is 1. The monoisotopic (exact) mass is 610 g/mol. The van der Waals surface area contributed by atoms with Gasteiger partial charge in [-0.3, -0.25) is 19.3 Å². The second kappa shape index (κ2) is 13.3. The van der Waals surface area contributed by atoms with Crippen molar-refractivity contribution in [3.05, 3.63) is 99.5 Å². The Morgan fingerprint density at radius 2 is 1.78 bits per heavy atom. The summed E-state index contributed by atoms with van der Waals surface area (Å²) in [5.41, 5.74) is 8.15. The lowest BCUT2D eigenvalue weighted by molar-refractivity contribution is 0.0630. The van der Waals surface area contributed by atoms with Gasteiger partial charge in [-0.05, 0) is 49.2 Å². The van der Waals surface area contributed by atoms with Crippen molar-refractivity contribution in [1.82, 2.24) is 35.3 Å². The van der Waals surface area contributed by atoms with E-state index in [1.807, 2.05) is 12.1 Å². The van der Waals surface area contributed by atoms with Gasteiger partial charge in [0.2, 0.25) is 0 Å². The molecule has 1 saturated heterocycles. The van der Waals surface area contributed by atoms with Gasteiger partial charge >= 0.3 is 0 Å². The number of H-pyrrole nitrogens is 2.